The van der Waals surface area contributed by atoms with Crippen molar-refractivity contribution in [2.75, 3.05) is 7.11 Å². The Morgan fingerprint density at radius 3 is 2.68 bits per heavy atom. The normalized spacial score (nSPS) is 10.6. The topological polar surface area (TPSA) is 73.8 Å². The molecule has 0 radical (unpaired) electrons. The maximum Gasteiger partial charge on any atom is 0.340 e. The molecule has 0 fully saturated rings. The number of rotatable bonds is 3. The van der Waals surface area contributed by atoms with Crippen LogP contribution in [0.15, 0.2) is 54.9 Å². The molecule has 6 heteroatoms. The Balaban J connectivity index is 2.34. The molecule has 22 heavy (non-hydrogen) atoms. The molecule has 0 N–H and O–H groups in total. The van der Waals surface area contributed by atoms with Crippen LogP contribution in [-0.4, -0.2) is 22.4 Å². The molecular weight excluding hydrogens is 284 g/mol. The van der Waals surface area contributed by atoms with E-state index in [2.05, 4.69) is 0 Å². The van der Waals surface area contributed by atoms with E-state index in [0.717, 1.165) is 5.52 Å². The summed E-state index contributed by atoms with van der Waals surface area (Å²) >= 11 is 0. The van der Waals surface area contributed by atoms with Crippen molar-refractivity contribution in [1.82, 2.24) is 4.40 Å². The molecule has 2 aromatic heterocycles. The molecule has 0 aliphatic carbocycles. The second-order valence-corrected chi connectivity index (χ2v) is 4.71. The smallest absolute Gasteiger partial charge is 0.340 e. The molecular formula is C16H12N2O4. The van der Waals surface area contributed by atoms with Crippen LogP contribution in [0.4, 0.5) is 5.69 Å². The van der Waals surface area contributed by atoms with Gasteiger partial charge in [0.15, 0.2) is 0 Å². The molecule has 0 aliphatic heterocycles. The van der Waals surface area contributed by atoms with Gasteiger partial charge in [0.05, 0.1) is 23.2 Å². The van der Waals surface area contributed by atoms with Crippen LogP contribution in [0.2, 0.25) is 0 Å². The molecule has 0 unspecified atom stereocenters. The third-order valence-corrected chi connectivity index (χ3v) is 3.46. The first-order chi connectivity index (χ1) is 10.6. The summed E-state index contributed by atoms with van der Waals surface area (Å²) in [6.07, 6.45) is 3.41. The lowest BCUT2D eigenvalue weighted by Gasteiger charge is -2.10. The van der Waals surface area contributed by atoms with Crippen molar-refractivity contribution in [2.24, 2.45) is 0 Å². The number of fused-ring (bicyclic) bond motifs is 1. The predicted molar refractivity (Wildman–Crippen MR) is 80.8 cm³/mol. The number of pyridine rings is 1. The minimum absolute atomic E-state index is 0.0523. The Hall–Kier alpha value is -3.15. The lowest BCUT2D eigenvalue weighted by molar-refractivity contribution is -0.384. The van der Waals surface area contributed by atoms with Crippen LogP contribution >= 0.6 is 0 Å². The lowest BCUT2D eigenvalue weighted by atomic mass is 9.99. The molecule has 3 rings (SSSR count). The van der Waals surface area contributed by atoms with Gasteiger partial charge in [-0.15, -0.1) is 0 Å². The molecule has 0 saturated carbocycles. The molecule has 2 heterocycles. The number of ether oxygens (including phenoxy) is 1. The zero-order valence-electron chi connectivity index (χ0n) is 11.7. The number of hydrogen-bond acceptors (Lipinski definition) is 4. The van der Waals surface area contributed by atoms with Crippen LogP contribution in [0.5, 0.6) is 0 Å². The van der Waals surface area contributed by atoms with Gasteiger partial charge in [0.25, 0.3) is 5.69 Å². The Morgan fingerprint density at radius 1 is 1.18 bits per heavy atom. The van der Waals surface area contributed by atoms with Crippen molar-refractivity contribution in [3.05, 3.63) is 70.5 Å². The van der Waals surface area contributed by atoms with Crippen LogP contribution in [0.25, 0.3) is 16.6 Å². The molecule has 1 aromatic carbocycles. The van der Waals surface area contributed by atoms with Crippen molar-refractivity contribution in [1.29, 1.82) is 0 Å². The summed E-state index contributed by atoms with van der Waals surface area (Å²) in [5, 5.41) is 11.2. The molecule has 3 aromatic rings. The summed E-state index contributed by atoms with van der Waals surface area (Å²) < 4.78 is 6.57. The van der Waals surface area contributed by atoms with Crippen LogP contribution in [0.3, 0.4) is 0 Å². The van der Waals surface area contributed by atoms with Crippen LogP contribution in [0, 0.1) is 10.1 Å². The standard InChI is InChI=1S/C16H12N2O4/c1-22-16(19)14-10-17-8-4-5-11(17)9-13(14)12-6-2-3-7-15(12)18(20)21/h2-10H,1H3. The molecule has 0 aliphatic rings. The number of hydrogen-bond donors (Lipinski definition) is 0. The number of aromatic nitrogens is 1. The second kappa shape index (κ2) is 5.33. The van der Waals surface area contributed by atoms with Gasteiger partial charge in [-0.05, 0) is 24.3 Å². The van der Waals surface area contributed by atoms with Gasteiger partial charge in [0.1, 0.15) is 0 Å². The Kier molecular flexibility index (Phi) is 3.34. The third kappa shape index (κ3) is 2.20. The molecule has 110 valence electrons. The molecule has 0 atom stereocenters. The quantitative estimate of drug-likeness (QED) is 0.422. The highest BCUT2D eigenvalue weighted by atomic mass is 16.6. The molecule has 6 nitrogen and oxygen atoms in total. The number of nitro benzene ring substituents is 1. The van der Waals surface area contributed by atoms with Crippen LogP contribution < -0.4 is 0 Å². The van der Waals surface area contributed by atoms with E-state index in [-0.39, 0.29) is 11.3 Å². The highest BCUT2D eigenvalue weighted by Crippen LogP contribution is 2.33. The number of nitrogens with zero attached hydrogens (tertiary/aromatic N) is 2. The Bertz CT molecular complexity index is 883. The lowest BCUT2D eigenvalue weighted by Crippen LogP contribution is -2.06. The summed E-state index contributed by atoms with van der Waals surface area (Å²) in [4.78, 5) is 22.8. The molecule has 0 bridgehead atoms. The van der Waals surface area contributed by atoms with E-state index in [1.54, 1.807) is 41.1 Å². The number of methoxy groups -OCH3 is 1. The average Bonchev–Trinajstić information content (AvgIpc) is 3.00. The first kappa shape index (κ1) is 13.8. The Morgan fingerprint density at radius 2 is 1.95 bits per heavy atom. The molecule has 0 saturated heterocycles. The summed E-state index contributed by atoms with van der Waals surface area (Å²) in [6, 6.07) is 11.8. The fourth-order valence-electron chi connectivity index (χ4n) is 2.44. The number of para-hydroxylation sites is 1. The number of nitro groups is 1. The zero-order chi connectivity index (χ0) is 15.7. The monoisotopic (exact) mass is 296 g/mol. The van der Waals surface area contributed by atoms with Crippen LogP contribution in [0.1, 0.15) is 10.4 Å². The maximum absolute atomic E-state index is 12.0. The van der Waals surface area contributed by atoms with Gasteiger partial charge in [0.2, 0.25) is 0 Å². The van der Waals surface area contributed by atoms with Gasteiger partial charge in [-0.2, -0.15) is 0 Å². The highest BCUT2D eigenvalue weighted by Gasteiger charge is 2.21. The largest absolute Gasteiger partial charge is 0.465 e. The summed E-state index contributed by atoms with van der Waals surface area (Å²) in [6.45, 7) is 0. The maximum atomic E-state index is 12.0. The first-order valence-corrected chi connectivity index (χ1v) is 6.54. The minimum atomic E-state index is -0.538. The number of carbonyl (C=O) groups excluding carboxylic acids is 1. The SMILES string of the molecule is COC(=O)c1cn2cccc2cc1-c1ccccc1[N+](=O)[O-]. The average molecular weight is 296 g/mol. The fraction of sp³-hybridized carbons (Fsp3) is 0.0625. The van der Waals surface area contributed by atoms with Crippen molar-refractivity contribution in [2.45, 2.75) is 0 Å². The summed E-state index contributed by atoms with van der Waals surface area (Å²) in [5.74, 6) is -0.538. The summed E-state index contributed by atoms with van der Waals surface area (Å²) in [5.41, 5.74) is 1.92. The fourth-order valence-corrected chi connectivity index (χ4v) is 2.44. The van der Waals surface area contributed by atoms with Crippen molar-refractivity contribution in [3.63, 3.8) is 0 Å². The first-order valence-electron chi connectivity index (χ1n) is 6.54. The van der Waals surface area contributed by atoms with Crippen LogP contribution in [-0.2, 0) is 4.74 Å². The molecule has 0 spiro atoms. The van der Waals surface area contributed by atoms with Crippen molar-refractivity contribution >= 4 is 17.2 Å². The van der Waals surface area contributed by atoms with E-state index in [1.165, 1.54) is 13.2 Å². The van der Waals surface area contributed by atoms with Gasteiger partial charge in [-0.25, -0.2) is 4.79 Å². The van der Waals surface area contributed by atoms with Crippen molar-refractivity contribution in [3.8, 4) is 11.1 Å². The van der Waals surface area contributed by atoms with E-state index in [4.69, 9.17) is 4.74 Å². The third-order valence-electron chi connectivity index (χ3n) is 3.46. The van der Waals surface area contributed by atoms with E-state index < -0.39 is 10.9 Å². The summed E-state index contributed by atoms with van der Waals surface area (Å²) in [7, 11) is 1.28. The Labute approximate surface area is 125 Å². The van der Waals surface area contributed by atoms with Gasteiger partial charge in [-0.1, -0.05) is 12.1 Å². The van der Waals surface area contributed by atoms with E-state index in [0.29, 0.717) is 11.1 Å². The van der Waals surface area contributed by atoms with Gasteiger partial charge in [-0.3, -0.25) is 10.1 Å². The van der Waals surface area contributed by atoms with Gasteiger partial charge >= 0.3 is 5.97 Å². The minimum Gasteiger partial charge on any atom is -0.465 e. The predicted octanol–water partition coefficient (Wildman–Crippen LogP) is 3.30. The highest BCUT2D eigenvalue weighted by molar-refractivity contribution is 5.99. The number of carbonyl (C=O) groups is 1. The number of benzene rings is 1. The van der Waals surface area contributed by atoms with Gasteiger partial charge in [0, 0.05) is 29.5 Å². The van der Waals surface area contributed by atoms with E-state index in [1.807, 2.05) is 12.1 Å². The van der Waals surface area contributed by atoms with Crippen molar-refractivity contribution < 1.29 is 14.5 Å². The van der Waals surface area contributed by atoms with Gasteiger partial charge < -0.3 is 9.14 Å². The zero-order valence-corrected chi connectivity index (χ0v) is 11.7. The van der Waals surface area contributed by atoms with E-state index in [9.17, 15) is 14.9 Å². The second-order valence-electron chi connectivity index (χ2n) is 4.71. The number of esters is 1. The van der Waals surface area contributed by atoms with E-state index >= 15 is 0 Å². The molecule has 0 amide bonds.